The average Bonchev–Trinajstić information content (AvgIpc) is 2.47. The second-order valence-corrected chi connectivity index (χ2v) is 2.28. The topological polar surface area (TPSA) is 61.8 Å². The Hall–Kier alpha value is -1.75. The van der Waals surface area contributed by atoms with Gasteiger partial charge < -0.3 is 9.94 Å². The van der Waals surface area contributed by atoms with Crippen LogP contribution >= 0.6 is 0 Å². The number of nitrogens with one attached hydrogen (secondary N) is 1. The largest absolute Gasteiger partial charge is 0.464 e. The zero-order valence-corrected chi connectivity index (χ0v) is 6.02. The van der Waals surface area contributed by atoms with Gasteiger partial charge in [0.15, 0.2) is 5.75 Å². The Labute approximate surface area is 68.1 Å². The number of para-hydroxylation sites is 2. The molecule has 0 radical (unpaired) electrons. The lowest BCUT2D eigenvalue weighted by Gasteiger charge is -2.07. The van der Waals surface area contributed by atoms with E-state index in [1.54, 1.807) is 24.3 Å². The van der Waals surface area contributed by atoms with E-state index in [9.17, 15) is 4.79 Å². The molecule has 0 fully saturated rings. The summed E-state index contributed by atoms with van der Waals surface area (Å²) in [6.45, 7) is 0. The van der Waals surface area contributed by atoms with E-state index in [1.165, 1.54) is 0 Å². The van der Waals surface area contributed by atoms with Gasteiger partial charge in [-0.15, -0.1) is 0 Å². The summed E-state index contributed by atoms with van der Waals surface area (Å²) in [5.74, 6) is 0.514. The smallest absolute Gasteiger partial charge is 0.429 e. The fourth-order valence-corrected chi connectivity index (χ4v) is 1.01. The zero-order valence-electron chi connectivity index (χ0n) is 6.02. The number of fused-ring (bicyclic) bond motifs is 1. The molecule has 0 aromatic heterocycles. The first-order valence-electron chi connectivity index (χ1n) is 3.33. The molecule has 0 spiro atoms. The number of amides is 1. The number of hydrogen-bond acceptors (Lipinski definition) is 3. The molecule has 1 aliphatic heterocycles. The van der Waals surface area contributed by atoms with Gasteiger partial charge in [-0.1, -0.05) is 17.7 Å². The first-order valence-corrected chi connectivity index (χ1v) is 3.33. The summed E-state index contributed by atoms with van der Waals surface area (Å²) in [6.07, 6.45) is -1.10. The maximum absolute atomic E-state index is 10.5. The number of benzene rings is 1. The molecule has 0 unspecified atom stereocenters. The Morgan fingerprint density at radius 3 is 3.00 bits per heavy atom. The van der Waals surface area contributed by atoms with Crippen LogP contribution in [0, 0.1) is 0 Å². The minimum absolute atomic E-state index is 0.505. The van der Waals surface area contributed by atoms with Crippen LogP contribution in [-0.2, 0) is 0 Å². The van der Waals surface area contributed by atoms with Crippen LogP contribution in [0.4, 0.5) is 10.5 Å². The molecule has 1 aliphatic rings. The van der Waals surface area contributed by atoms with Crippen LogP contribution in [0.2, 0.25) is 0 Å². The zero-order chi connectivity index (χ0) is 8.55. The van der Waals surface area contributed by atoms with Gasteiger partial charge in [0.05, 0.1) is 0 Å². The number of rotatable bonds is 0. The van der Waals surface area contributed by atoms with Crippen molar-refractivity contribution < 1.29 is 14.7 Å². The van der Waals surface area contributed by atoms with E-state index >= 15 is 0 Å². The van der Waals surface area contributed by atoms with Gasteiger partial charge in [0.1, 0.15) is 5.69 Å². The summed E-state index contributed by atoms with van der Waals surface area (Å²) < 4.78 is 0. The van der Waals surface area contributed by atoms with Crippen molar-refractivity contribution in [2.75, 3.05) is 5.01 Å². The first-order chi connectivity index (χ1) is 5.79. The number of carbonyl (C=O) groups is 1. The highest BCUT2D eigenvalue weighted by Crippen LogP contribution is 2.30. The number of carboxylic acid groups (broad SMARTS) is 1. The summed E-state index contributed by atoms with van der Waals surface area (Å²) in [6, 6.07) is 6.85. The van der Waals surface area contributed by atoms with Crippen LogP contribution in [0.25, 0.3) is 0 Å². The van der Waals surface area contributed by atoms with E-state index in [0.29, 0.717) is 11.4 Å². The predicted octanol–water partition coefficient (Wildman–Crippen LogP) is 0.983. The van der Waals surface area contributed by atoms with Crippen LogP contribution in [0.1, 0.15) is 0 Å². The lowest BCUT2D eigenvalue weighted by atomic mass is 10.3. The molecule has 1 aromatic carbocycles. The van der Waals surface area contributed by atoms with Crippen molar-refractivity contribution in [3.63, 3.8) is 0 Å². The molecule has 0 aliphatic carbocycles. The minimum Gasteiger partial charge on any atom is -0.464 e. The van der Waals surface area contributed by atoms with Gasteiger partial charge in [0.25, 0.3) is 0 Å². The molecule has 5 nitrogen and oxygen atoms in total. The van der Waals surface area contributed by atoms with E-state index < -0.39 is 6.09 Å². The SMILES string of the molecule is O=C(O)N1NOc2ccccc21. The summed E-state index contributed by atoms with van der Waals surface area (Å²) in [5.41, 5.74) is 2.76. The molecular weight excluding hydrogens is 160 g/mol. The number of hydrazine groups is 1. The Bertz CT molecular complexity index is 326. The van der Waals surface area contributed by atoms with Crippen molar-refractivity contribution >= 4 is 11.8 Å². The fraction of sp³-hybridized carbons (Fsp3) is 0. The van der Waals surface area contributed by atoms with Gasteiger partial charge in [0, 0.05) is 0 Å². The molecule has 5 heteroatoms. The summed E-state index contributed by atoms with van der Waals surface area (Å²) in [5, 5.41) is 9.56. The van der Waals surface area contributed by atoms with E-state index in [-0.39, 0.29) is 0 Å². The number of anilines is 1. The molecule has 0 saturated heterocycles. The highest BCUT2D eigenvalue weighted by Gasteiger charge is 2.24. The first kappa shape index (κ1) is 6.93. The quantitative estimate of drug-likeness (QED) is 0.603. The van der Waals surface area contributed by atoms with Crippen LogP contribution in [0.15, 0.2) is 24.3 Å². The highest BCUT2D eigenvalue weighted by molar-refractivity contribution is 5.88. The Morgan fingerprint density at radius 2 is 2.25 bits per heavy atom. The maximum atomic E-state index is 10.5. The molecule has 1 amide bonds. The van der Waals surface area contributed by atoms with Crippen LogP contribution in [0.3, 0.4) is 0 Å². The summed E-state index contributed by atoms with van der Waals surface area (Å²) in [7, 11) is 0. The van der Waals surface area contributed by atoms with Gasteiger partial charge in [-0.3, -0.25) is 0 Å². The molecule has 1 aromatic rings. The van der Waals surface area contributed by atoms with Gasteiger partial charge in [-0.2, -0.15) is 5.01 Å². The van der Waals surface area contributed by atoms with E-state index in [1.807, 2.05) is 0 Å². The number of nitrogens with zero attached hydrogens (tertiary/aromatic N) is 1. The molecule has 1 heterocycles. The molecule has 2 N–H and O–H groups in total. The second kappa shape index (κ2) is 2.38. The maximum Gasteiger partial charge on any atom is 0.429 e. The summed E-state index contributed by atoms with van der Waals surface area (Å²) >= 11 is 0. The Morgan fingerprint density at radius 1 is 1.50 bits per heavy atom. The predicted molar refractivity (Wildman–Crippen MR) is 40.7 cm³/mol. The van der Waals surface area contributed by atoms with Gasteiger partial charge in [-0.25, -0.2) is 4.79 Å². The van der Waals surface area contributed by atoms with Crippen molar-refractivity contribution in [2.45, 2.75) is 0 Å². The lowest BCUT2D eigenvalue weighted by Crippen LogP contribution is -2.39. The van der Waals surface area contributed by atoms with Crippen molar-refractivity contribution in [2.24, 2.45) is 0 Å². The molecule has 62 valence electrons. The fourth-order valence-electron chi connectivity index (χ4n) is 1.01. The van der Waals surface area contributed by atoms with Crippen LogP contribution in [0.5, 0.6) is 5.75 Å². The lowest BCUT2D eigenvalue weighted by molar-refractivity contribution is 0.171. The molecule has 2 rings (SSSR count). The number of hydrogen-bond donors (Lipinski definition) is 2. The summed E-state index contributed by atoms with van der Waals surface area (Å²) in [4.78, 5) is 15.4. The third-order valence-corrected chi connectivity index (χ3v) is 1.54. The Balaban J connectivity index is 2.42. The average molecular weight is 166 g/mol. The third-order valence-electron chi connectivity index (χ3n) is 1.54. The minimum atomic E-state index is -1.10. The van der Waals surface area contributed by atoms with Crippen LogP contribution in [-0.4, -0.2) is 11.2 Å². The third kappa shape index (κ3) is 0.876. The van der Waals surface area contributed by atoms with Crippen LogP contribution < -0.4 is 15.4 Å². The molecular formula is C7H6N2O3. The van der Waals surface area contributed by atoms with Gasteiger partial charge in [-0.05, 0) is 12.1 Å². The van der Waals surface area contributed by atoms with Gasteiger partial charge in [0.2, 0.25) is 0 Å². The van der Waals surface area contributed by atoms with E-state index in [0.717, 1.165) is 5.01 Å². The normalized spacial score (nSPS) is 13.8. The second-order valence-electron chi connectivity index (χ2n) is 2.28. The van der Waals surface area contributed by atoms with Gasteiger partial charge >= 0.3 is 6.09 Å². The standard InChI is InChI=1S/C7H6N2O3/c10-7(11)9-5-3-1-2-4-6(5)12-8-9/h1-4,8H,(H,10,11). The molecule has 0 bridgehead atoms. The van der Waals surface area contributed by atoms with Crippen molar-refractivity contribution in [3.05, 3.63) is 24.3 Å². The van der Waals surface area contributed by atoms with Crippen molar-refractivity contribution in [3.8, 4) is 5.75 Å². The molecule has 12 heavy (non-hydrogen) atoms. The van der Waals surface area contributed by atoms with E-state index in [4.69, 9.17) is 9.94 Å². The molecule has 0 atom stereocenters. The monoisotopic (exact) mass is 166 g/mol. The van der Waals surface area contributed by atoms with Crippen molar-refractivity contribution in [1.29, 1.82) is 0 Å². The highest BCUT2D eigenvalue weighted by atomic mass is 16.7. The Kier molecular flexibility index (Phi) is 1.38. The van der Waals surface area contributed by atoms with Crippen molar-refractivity contribution in [1.82, 2.24) is 5.59 Å². The van der Waals surface area contributed by atoms with E-state index in [2.05, 4.69) is 5.59 Å². The molecule has 0 saturated carbocycles.